The molecule has 152 valence electrons. The lowest BCUT2D eigenvalue weighted by Crippen LogP contribution is -2.12. The Labute approximate surface area is 172 Å². The lowest BCUT2D eigenvalue weighted by atomic mass is 10.1. The lowest BCUT2D eigenvalue weighted by molar-refractivity contribution is -0.116. The number of ether oxygens (including phenoxy) is 3. The van der Waals surface area contributed by atoms with Crippen molar-refractivity contribution in [1.29, 1.82) is 0 Å². The quantitative estimate of drug-likeness (QED) is 0.584. The number of halogens is 1. The predicted molar refractivity (Wildman–Crippen MR) is 111 cm³/mol. The van der Waals surface area contributed by atoms with E-state index in [1.165, 1.54) is 24.5 Å². The summed E-state index contributed by atoms with van der Waals surface area (Å²) in [7, 11) is 4.58. The Bertz CT molecular complexity index is 984. The number of hydrogen-bond acceptors (Lipinski definition) is 6. The van der Waals surface area contributed by atoms with Crippen LogP contribution in [0.3, 0.4) is 0 Å². The van der Waals surface area contributed by atoms with Crippen LogP contribution in [-0.2, 0) is 11.2 Å². The van der Waals surface area contributed by atoms with Crippen molar-refractivity contribution >= 4 is 22.4 Å². The molecule has 0 aliphatic carbocycles. The zero-order valence-electron chi connectivity index (χ0n) is 16.3. The fraction of sp³-hybridized carbons (Fsp3) is 0.238. The molecule has 0 saturated heterocycles. The number of hydrogen-bond donors (Lipinski definition) is 1. The van der Waals surface area contributed by atoms with Crippen molar-refractivity contribution in [3.05, 3.63) is 53.2 Å². The predicted octanol–water partition coefficient (Wildman–Crippen LogP) is 4.55. The van der Waals surface area contributed by atoms with Crippen molar-refractivity contribution in [3.63, 3.8) is 0 Å². The number of thiazole rings is 1. The molecule has 0 aliphatic rings. The molecule has 1 heterocycles. The van der Waals surface area contributed by atoms with Gasteiger partial charge in [-0.05, 0) is 42.3 Å². The monoisotopic (exact) mass is 416 g/mol. The van der Waals surface area contributed by atoms with Crippen LogP contribution in [0.2, 0.25) is 0 Å². The van der Waals surface area contributed by atoms with E-state index in [2.05, 4.69) is 10.3 Å². The fourth-order valence-corrected chi connectivity index (χ4v) is 3.48. The van der Waals surface area contributed by atoms with Crippen molar-refractivity contribution in [1.82, 2.24) is 4.98 Å². The molecule has 1 amide bonds. The fourth-order valence-electron chi connectivity index (χ4n) is 2.74. The third kappa shape index (κ3) is 5.23. The minimum absolute atomic E-state index is 0.159. The van der Waals surface area contributed by atoms with Gasteiger partial charge in [0.05, 0.1) is 27.0 Å². The van der Waals surface area contributed by atoms with E-state index in [4.69, 9.17) is 14.2 Å². The molecule has 8 heteroatoms. The first-order chi connectivity index (χ1) is 14.0. The van der Waals surface area contributed by atoms with E-state index < -0.39 is 5.82 Å². The number of nitrogens with zero attached hydrogens (tertiary/aromatic N) is 1. The topological polar surface area (TPSA) is 69.7 Å². The summed E-state index contributed by atoms with van der Waals surface area (Å²) in [6, 6.07) is 10.1. The second kappa shape index (κ2) is 9.38. The van der Waals surface area contributed by atoms with Gasteiger partial charge in [0.15, 0.2) is 16.7 Å². The van der Waals surface area contributed by atoms with E-state index in [0.717, 1.165) is 5.56 Å². The minimum atomic E-state index is -0.461. The van der Waals surface area contributed by atoms with Crippen LogP contribution in [0.25, 0.3) is 11.3 Å². The van der Waals surface area contributed by atoms with E-state index in [0.29, 0.717) is 34.3 Å². The first-order valence-corrected chi connectivity index (χ1v) is 9.71. The Morgan fingerprint density at radius 2 is 1.79 bits per heavy atom. The molecule has 1 aromatic heterocycles. The number of aromatic nitrogens is 1. The van der Waals surface area contributed by atoms with Gasteiger partial charge in [-0.3, -0.25) is 4.79 Å². The van der Waals surface area contributed by atoms with E-state index in [-0.39, 0.29) is 18.1 Å². The van der Waals surface area contributed by atoms with E-state index in [9.17, 15) is 9.18 Å². The van der Waals surface area contributed by atoms with Gasteiger partial charge in [0.25, 0.3) is 0 Å². The van der Waals surface area contributed by atoms with Gasteiger partial charge in [-0.25, -0.2) is 9.37 Å². The first kappa shape index (κ1) is 20.6. The normalized spacial score (nSPS) is 10.5. The molecule has 0 aliphatic heterocycles. The summed E-state index contributed by atoms with van der Waals surface area (Å²) >= 11 is 1.29. The Morgan fingerprint density at radius 1 is 1.07 bits per heavy atom. The van der Waals surface area contributed by atoms with E-state index in [1.54, 1.807) is 37.8 Å². The number of rotatable bonds is 8. The molecule has 0 saturated carbocycles. The highest BCUT2D eigenvalue weighted by Crippen LogP contribution is 2.28. The van der Waals surface area contributed by atoms with Crippen LogP contribution in [0.4, 0.5) is 9.52 Å². The number of aryl methyl sites for hydroxylation is 1. The van der Waals surface area contributed by atoms with Crippen molar-refractivity contribution in [2.45, 2.75) is 12.8 Å². The number of anilines is 1. The van der Waals surface area contributed by atoms with Gasteiger partial charge >= 0.3 is 0 Å². The van der Waals surface area contributed by atoms with Crippen LogP contribution in [-0.4, -0.2) is 32.2 Å². The Kier molecular flexibility index (Phi) is 6.66. The largest absolute Gasteiger partial charge is 0.497 e. The van der Waals surface area contributed by atoms with E-state index >= 15 is 0 Å². The van der Waals surface area contributed by atoms with Gasteiger partial charge in [0, 0.05) is 23.4 Å². The molecule has 0 bridgehead atoms. The lowest BCUT2D eigenvalue weighted by Gasteiger charge is -2.08. The molecule has 29 heavy (non-hydrogen) atoms. The molecule has 0 unspecified atom stereocenters. The smallest absolute Gasteiger partial charge is 0.226 e. The Balaban J connectivity index is 1.61. The summed E-state index contributed by atoms with van der Waals surface area (Å²) in [6.45, 7) is 0. The molecule has 3 aromatic rings. The van der Waals surface area contributed by atoms with Crippen molar-refractivity contribution < 1.29 is 23.4 Å². The Hall–Kier alpha value is -3.13. The summed E-state index contributed by atoms with van der Waals surface area (Å²) in [5.74, 6) is 0.907. The second-order valence-corrected chi connectivity index (χ2v) is 7.01. The highest BCUT2D eigenvalue weighted by Gasteiger charge is 2.11. The third-order valence-corrected chi connectivity index (χ3v) is 5.01. The molecule has 6 nitrogen and oxygen atoms in total. The average Bonchev–Trinajstić information content (AvgIpc) is 3.20. The molecule has 0 fully saturated rings. The van der Waals surface area contributed by atoms with Crippen molar-refractivity contribution in [2.24, 2.45) is 0 Å². The van der Waals surface area contributed by atoms with Crippen LogP contribution >= 0.6 is 11.3 Å². The van der Waals surface area contributed by atoms with Crippen LogP contribution in [0, 0.1) is 5.82 Å². The maximum Gasteiger partial charge on any atom is 0.226 e. The number of benzene rings is 2. The summed E-state index contributed by atoms with van der Waals surface area (Å²) < 4.78 is 29.3. The molecule has 3 rings (SSSR count). The number of amides is 1. The highest BCUT2D eigenvalue weighted by atomic mass is 32.1. The number of methoxy groups -OCH3 is 3. The van der Waals surface area contributed by atoms with Crippen LogP contribution in [0.5, 0.6) is 17.2 Å². The third-order valence-electron chi connectivity index (χ3n) is 4.25. The molecule has 0 spiro atoms. The molecular formula is C21H21FN2O4S. The zero-order valence-corrected chi connectivity index (χ0v) is 17.1. The van der Waals surface area contributed by atoms with Gasteiger partial charge in [0.2, 0.25) is 5.91 Å². The van der Waals surface area contributed by atoms with Crippen LogP contribution in [0.15, 0.2) is 41.8 Å². The molecular weight excluding hydrogens is 395 g/mol. The first-order valence-electron chi connectivity index (χ1n) is 8.83. The summed E-state index contributed by atoms with van der Waals surface area (Å²) in [5, 5.41) is 5.01. The number of carbonyl (C=O) groups is 1. The number of carbonyl (C=O) groups excluding carboxylic acids is 1. The van der Waals surface area contributed by atoms with Gasteiger partial charge in [-0.2, -0.15) is 0 Å². The van der Waals surface area contributed by atoms with Gasteiger partial charge in [-0.15, -0.1) is 11.3 Å². The molecule has 0 radical (unpaired) electrons. The maximum absolute atomic E-state index is 13.9. The van der Waals surface area contributed by atoms with Gasteiger partial charge < -0.3 is 19.5 Å². The second-order valence-electron chi connectivity index (χ2n) is 6.16. The molecule has 2 aromatic carbocycles. The van der Waals surface area contributed by atoms with Gasteiger partial charge in [-0.1, -0.05) is 0 Å². The number of nitrogens with one attached hydrogen (secondary N) is 1. The van der Waals surface area contributed by atoms with Crippen LogP contribution < -0.4 is 19.5 Å². The summed E-state index contributed by atoms with van der Waals surface area (Å²) in [6.07, 6.45) is 0.809. The average molecular weight is 416 g/mol. The zero-order chi connectivity index (χ0) is 20.8. The highest BCUT2D eigenvalue weighted by molar-refractivity contribution is 7.14. The standard InChI is InChI=1S/C21H21FN2O4S/c1-26-15-8-13(9-16(11-15)27-2)4-7-20(25)24-21-23-18(12-29-21)14-5-6-19(28-3)17(22)10-14/h5-6,8-12H,4,7H2,1-3H3,(H,23,24,25). The summed E-state index contributed by atoms with van der Waals surface area (Å²) in [4.78, 5) is 16.7. The molecule has 1 N–H and O–H groups in total. The molecule has 0 atom stereocenters. The Morgan fingerprint density at radius 3 is 2.41 bits per heavy atom. The maximum atomic E-state index is 13.9. The van der Waals surface area contributed by atoms with Gasteiger partial charge in [0.1, 0.15) is 11.5 Å². The van der Waals surface area contributed by atoms with E-state index in [1.807, 2.05) is 12.1 Å². The minimum Gasteiger partial charge on any atom is -0.497 e. The van der Waals surface area contributed by atoms with Crippen LogP contribution in [0.1, 0.15) is 12.0 Å². The van der Waals surface area contributed by atoms with Crippen molar-refractivity contribution in [3.8, 4) is 28.5 Å². The SMILES string of the molecule is COc1cc(CCC(=O)Nc2nc(-c3ccc(OC)c(F)c3)cs2)cc(OC)c1. The summed E-state index contributed by atoms with van der Waals surface area (Å²) in [5.41, 5.74) is 2.14. The van der Waals surface area contributed by atoms with Crippen molar-refractivity contribution in [2.75, 3.05) is 26.6 Å².